The maximum atomic E-state index is 12.9. The van der Waals surface area contributed by atoms with Gasteiger partial charge in [-0.1, -0.05) is 0 Å². The summed E-state index contributed by atoms with van der Waals surface area (Å²) < 4.78 is 0. The maximum absolute atomic E-state index is 12.9. The fourth-order valence-electron chi connectivity index (χ4n) is 4.01. The van der Waals surface area contributed by atoms with Crippen LogP contribution in [0.25, 0.3) is 0 Å². The molecule has 0 spiro atoms. The summed E-state index contributed by atoms with van der Waals surface area (Å²) in [7, 11) is 2.06. The van der Waals surface area contributed by atoms with Gasteiger partial charge < -0.3 is 20.6 Å². The van der Waals surface area contributed by atoms with Crippen molar-refractivity contribution in [2.75, 3.05) is 13.6 Å². The van der Waals surface area contributed by atoms with E-state index in [0.717, 1.165) is 46.5 Å². The van der Waals surface area contributed by atoms with Crippen molar-refractivity contribution in [3.63, 3.8) is 0 Å². The smallest absolute Gasteiger partial charge is 0.404 e. The number of hydrogen-bond donors (Lipinski definition) is 3. The predicted octanol–water partition coefficient (Wildman–Crippen LogP) is 1.99. The lowest BCUT2D eigenvalue weighted by Gasteiger charge is -2.35. The van der Waals surface area contributed by atoms with E-state index in [0.29, 0.717) is 17.8 Å². The van der Waals surface area contributed by atoms with Crippen LogP contribution in [0.4, 0.5) is 4.79 Å². The van der Waals surface area contributed by atoms with Crippen LogP contribution in [-0.2, 0) is 13.0 Å². The fourth-order valence-corrected chi connectivity index (χ4v) is 5.95. The maximum Gasteiger partial charge on any atom is 0.404 e. The Labute approximate surface area is 176 Å². The number of fused-ring (bicyclic) bond motifs is 1. The second-order valence-corrected chi connectivity index (χ2v) is 9.98. The van der Waals surface area contributed by atoms with Crippen LogP contribution in [0, 0.1) is 6.92 Å². The minimum atomic E-state index is -1.08. The first kappa shape index (κ1) is 20.2. The molecule has 9 nitrogen and oxygen atoms in total. The van der Waals surface area contributed by atoms with Crippen molar-refractivity contribution in [3.8, 4) is 0 Å². The van der Waals surface area contributed by atoms with Gasteiger partial charge in [-0.05, 0) is 33.2 Å². The SMILES string of the molecule is Cc1nnc([C@H]2CC[C@H](NC(=O)O)[C@H](NC(=O)c3nc4c(s3)CN(C)CC4)C2)s1. The molecule has 2 aromatic rings. The van der Waals surface area contributed by atoms with Gasteiger partial charge in [-0.25, -0.2) is 9.78 Å². The Kier molecular flexibility index (Phi) is 5.79. The van der Waals surface area contributed by atoms with Crippen molar-refractivity contribution in [1.29, 1.82) is 0 Å². The molecule has 1 saturated carbocycles. The summed E-state index contributed by atoms with van der Waals surface area (Å²) in [5, 5.41) is 25.5. The van der Waals surface area contributed by atoms with Gasteiger partial charge in [-0.2, -0.15) is 0 Å². The van der Waals surface area contributed by atoms with E-state index in [9.17, 15) is 14.7 Å². The Morgan fingerprint density at radius 2 is 2.00 bits per heavy atom. The molecule has 3 heterocycles. The summed E-state index contributed by atoms with van der Waals surface area (Å²) in [6.07, 6.45) is 1.84. The summed E-state index contributed by atoms with van der Waals surface area (Å²) in [5.74, 6) is -0.0696. The number of aryl methyl sites for hydroxylation is 1. The van der Waals surface area contributed by atoms with E-state index < -0.39 is 6.09 Å². The first-order chi connectivity index (χ1) is 13.9. The molecule has 0 aromatic carbocycles. The first-order valence-corrected chi connectivity index (χ1v) is 11.3. The lowest BCUT2D eigenvalue weighted by Crippen LogP contribution is -2.54. The van der Waals surface area contributed by atoms with Crippen LogP contribution in [0.1, 0.15) is 55.6 Å². The fraction of sp³-hybridized carbons (Fsp3) is 0.611. The van der Waals surface area contributed by atoms with Gasteiger partial charge in [0.05, 0.1) is 17.8 Å². The number of hydrogen-bond acceptors (Lipinski definition) is 8. The predicted molar refractivity (Wildman–Crippen MR) is 110 cm³/mol. The number of nitrogens with one attached hydrogen (secondary N) is 2. The molecule has 0 bridgehead atoms. The van der Waals surface area contributed by atoms with Crippen LogP contribution in [-0.4, -0.2) is 62.9 Å². The number of thiazole rings is 1. The molecule has 0 saturated heterocycles. The lowest BCUT2D eigenvalue weighted by atomic mass is 9.82. The molecule has 156 valence electrons. The molecule has 4 rings (SSSR count). The van der Waals surface area contributed by atoms with E-state index in [1.54, 1.807) is 11.3 Å². The zero-order valence-electron chi connectivity index (χ0n) is 16.3. The third kappa shape index (κ3) is 4.57. The van der Waals surface area contributed by atoms with Crippen molar-refractivity contribution in [2.24, 2.45) is 0 Å². The van der Waals surface area contributed by atoms with Gasteiger partial charge >= 0.3 is 6.09 Å². The summed E-state index contributed by atoms with van der Waals surface area (Å²) >= 11 is 2.99. The molecule has 0 unspecified atom stereocenters. The number of amides is 2. The Balaban J connectivity index is 1.49. The first-order valence-electron chi connectivity index (χ1n) is 9.66. The molecule has 2 amide bonds. The third-order valence-electron chi connectivity index (χ3n) is 5.48. The Hall–Kier alpha value is -2.11. The van der Waals surface area contributed by atoms with Crippen LogP contribution in [0.3, 0.4) is 0 Å². The van der Waals surface area contributed by atoms with Crippen molar-refractivity contribution >= 4 is 34.7 Å². The summed E-state index contributed by atoms with van der Waals surface area (Å²) in [4.78, 5) is 32.0. The summed E-state index contributed by atoms with van der Waals surface area (Å²) in [5.41, 5.74) is 1.00. The second kappa shape index (κ2) is 8.33. The molecular formula is C18H24N6O3S2. The quantitative estimate of drug-likeness (QED) is 0.670. The number of carboxylic acid groups (broad SMARTS) is 1. The molecule has 3 atom stereocenters. The van der Waals surface area contributed by atoms with E-state index in [4.69, 9.17) is 0 Å². The number of carbonyl (C=O) groups excluding carboxylic acids is 1. The molecule has 1 fully saturated rings. The zero-order chi connectivity index (χ0) is 20.5. The van der Waals surface area contributed by atoms with Gasteiger partial charge in [0.1, 0.15) is 10.0 Å². The van der Waals surface area contributed by atoms with Crippen molar-refractivity contribution < 1.29 is 14.7 Å². The third-order valence-corrected chi connectivity index (χ3v) is 7.57. The van der Waals surface area contributed by atoms with E-state index in [1.165, 1.54) is 11.3 Å². The lowest BCUT2D eigenvalue weighted by molar-refractivity contribution is 0.0907. The van der Waals surface area contributed by atoms with Crippen molar-refractivity contribution in [1.82, 2.24) is 30.7 Å². The largest absolute Gasteiger partial charge is 0.465 e. The topological polar surface area (TPSA) is 120 Å². The van der Waals surface area contributed by atoms with Crippen LogP contribution < -0.4 is 10.6 Å². The summed E-state index contributed by atoms with van der Waals surface area (Å²) in [6.45, 7) is 3.67. The molecule has 11 heteroatoms. The minimum Gasteiger partial charge on any atom is -0.465 e. The number of nitrogens with zero attached hydrogens (tertiary/aromatic N) is 4. The minimum absolute atomic E-state index is 0.163. The van der Waals surface area contributed by atoms with E-state index in [2.05, 4.69) is 37.8 Å². The van der Waals surface area contributed by atoms with Crippen LogP contribution in [0.2, 0.25) is 0 Å². The molecule has 2 aliphatic rings. The summed E-state index contributed by atoms with van der Waals surface area (Å²) in [6, 6.07) is -0.646. The van der Waals surface area contributed by atoms with Crippen LogP contribution >= 0.6 is 22.7 Å². The van der Waals surface area contributed by atoms with E-state index in [-0.39, 0.29) is 23.9 Å². The van der Waals surface area contributed by atoms with Gasteiger partial charge in [0.25, 0.3) is 5.91 Å². The molecule has 1 aliphatic heterocycles. The number of aromatic nitrogens is 3. The monoisotopic (exact) mass is 436 g/mol. The highest BCUT2D eigenvalue weighted by Crippen LogP contribution is 2.35. The molecular weight excluding hydrogens is 412 g/mol. The van der Waals surface area contributed by atoms with E-state index >= 15 is 0 Å². The van der Waals surface area contributed by atoms with Crippen LogP contribution in [0.5, 0.6) is 0 Å². The highest BCUT2D eigenvalue weighted by atomic mass is 32.1. The van der Waals surface area contributed by atoms with Gasteiger partial charge in [0.2, 0.25) is 0 Å². The van der Waals surface area contributed by atoms with Gasteiger partial charge in [-0.15, -0.1) is 32.9 Å². The van der Waals surface area contributed by atoms with Crippen molar-refractivity contribution in [3.05, 3.63) is 25.6 Å². The second-order valence-electron chi connectivity index (χ2n) is 7.68. The Morgan fingerprint density at radius 1 is 1.17 bits per heavy atom. The Bertz CT molecular complexity index is 913. The average molecular weight is 437 g/mol. The van der Waals surface area contributed by atoms with Gasteiger partial charge in [0, 0.05) is 30.3 Å². The van der Waals surface area contributed by atoms with Gasteiger partial charge in [0.15, 0.2) is 5.01 Å². The zero-order valence-corrected chi connectivity index (χ0v) is 18.0. The average Bonchev–Trinajstić information content (AvgIpc) is 3.28. The molecule has 29 heavy (non-hydrogen) atoms. The molecule has 3 N–H and O–H groups in total. The van der Waals surface area contributed by atoms with Crippen molar-refractivity contribution in [2.45, 2.75) is 57.2 Å². The number of likely N-dealkylation sites (N-methyl/N-ethyl adjacent to an activating group) is 1. The highest BCUT2D eigenvalue weighted by molar-refractivity contribution is 7.13. The van der Waals surface area contributed by atoms with E-state index in [1.807, 2.05) is 6.92 Å². The van der Waals surface area contributed by atoms with Gasteiger partial charge in [-0.3, -0.25) is 4.79 Å². The normalized spacial score (nSPS) is 24.7. The molecule has 2 aromatic heterocycles. The standard InChI is InChI=1S/C18H24N6O3S2/c1-9-22-23-16(28-9)10-3-4-11(21-18(26)27)13(7-10)19-15(25)17-20-12-5-6-24(2)8-14(12)29-17/h10-11,13,21H,3-8H2,1-2H3,(H,19,25)(H,26,27)/t10-,11-,13+/m0/s1. The van der Waals surface area contributed by atoms with Crippen LogP contribution in [0.15, 0.2) is 0 Å². The molecule has 0 radical (unpaired) electrons. The Morgan fingerprint density at radius 3 is 2.72 bits per heavy atom. The molecule has 1 aliphatic carbocycles. The highest BCUT2D eigenvalue weighted by Gasteiger charge is 2.35. The number of rotatable bonds is 4. The number of carbonyl (C=O) groups is 2.